The number of fused-ring (bicyclic) bond motifs is 1. The lowest BCUT2D eigenvalue weighted by Gasteiger charge is -2.28. The van der Waals surface area contributed by atoms with Crippen LogP contribution in [0.4, 0.5) is 24.8 Å². The summed E-state index contributed by atoms with van der Waals surface area (Å²) in [5, 5.41) is 7.85. The molecule has 9 nitrogen and oxygen atoms in total. The van der Waals surface area contributed by atoms with Crippen molar-refractivity contribution in [2.24, 2.45) is 5.92 Å². The Morgan fingerprint density at radius 1 is 1.07 bits per heavy atom. The lowest BCUT2D eigenvalue weighted by molar-refractivity contribution is -0.137. The molecule has 0 spiro atoms. The zero-order valence-electron chi connectivity index (χ0n) is 22.1. The van der Waals surface area contributed by atoms with Crippen LogP contribution in [0.1, 0.15) is 61.0 Å². The van der Waals surface area contributed by atoms with E-state index in [1.807, 2.05) is 4.68 Å². The fraction of sp³-hybridized carbons (Fsp3) is 0.310. The Morgan fingerprint density at radius 2 is 1.80 bits per heavy atom. The minimum Gasteiger partial charge on any atom is -0.383 e. The molecule has 1 aliphatic carbocycles. The van der Waals surface area contributed by atoms with E-state index in [1.54, 1.807) is 31.2 Å². The summed E-state index contributed by atoms with van der Waals surface area (Å²) in [5.74, 6) is 4.97. The van der Waals surface area contributed by atoms with Crippen molar-refractivity contribution in [3.63, 3.8) is 0 Å². The summed E-state index contributed by atoms with van der Waals surface area (Å²) in [6, 6.07) is 8.13. The van der Waals surface area contributed by atoms with E-state index in [1.165, 1.54) is 6.33 Å². The average Bonchev–Trinajstić information content (AvgIpc) is 3.34. The Kier molecular flexibility index (Phi) is 7.70. The first-order valence-electron chi connectivity index (χ1n) is 13.0. The van der Waals surface area contributed by atoms with Gasteiger partial charge in [-0.25, -0.2) is 19.6 Å². The van der Waals surface area contributed by atoms with Crippen LogP contribution in [-0.4, -0.2) is 36.4 Å². The van der Waals surface area contributed by atoms with Crippen molar-refractivity contribution in [2.75, 3.05) is 11.1 Å². The van der Waals surface area contributed by atoms with Gasteiger partial charge in [0, 0.05) is 23.7 Å². The number of nitrogens with zero attached hydrogens (tertiary/aromatic N) is 5. The van der Waals surface area contributed by atoms with Crippen molar-refractivity contribution in [3.05, 3.63) is 60.0 Å². The number of alkyl halides is 3. The summed E-state index contributed by atoms with van der Waals surface area (Å²) >= 11 is 0. The predicted molar refractivity (Wildman–Crippen MR) is 146 cm³/mol. The number of nitrogens with one attached hydrogen (secondary N) is 1. The fourth-order valence-corrected chi connectivity index (χ4v) is 5.14. The number of carbonyl (C=O) groups is 2. The number of rotatable bonds is 6. The van der Waals surface area contributed by atoms with E-state index < -0.39 is 17.6 Å². The first-order valence-corrected chi connectivity index (χ1v) is 13.0. The predicted octanol–water partition coefficient (Wildman–Crippen LogP) is 5.46. The van der Waals surface area contributed by atoms with Crippen molar-refractivity contribution in [1.82, 2.24) is 24.7 Å². The molecule has 12 heteroatoms. The van der Waals surface area contributed by atoms with Crippen LogP contribution in [0, 0.1) is 17.8 Å². The van der Waals surface area contributed by atoms with E-state index in [0.29, 0.717) is 28.7 Å². The second-order valence-corrected chi connectivity index (χ2v) is 9.89. The monoisotopic (exact) mass is 561 g/mol. The highest BCUT2D eigenvalue weighted by Gasteiger charge is 2.31. The number of hydrogen-bond donors (Lipinski definition) is 2. The van der Waals surface area contributed by atoms with E-state index in [4.69, 9.17) is 10.8 Å². The zero-order valence-corrected chi connectivity index (χ0v) is 22.1. The van der Waals surface area contributed by atoms with Crippen molar-refractivity contribution in [1.29, 1.82) is 0 Å². The number of nitrogen functional groups attached to an aromatic ring is 1. The number of ketones is 1. The lowest BCUT2D eigenvalue weighted by Crippen LogP contribution is -2.21. The Balaban J connectivity index is 1.36. The molecule has 0 saturated heterocycles. The van der Waals surface area contributed by atoms with Crippen molar-refractivity contribution < 1.29 is 22.8 Å². The fourth-order valence-electron chi connectivity index (χ4n) is 5.14. The standard InChI is InChI=1S/C29H26F3N7O2/c1-2-3-22(40)14-17-4-10-21(11-5-17)39-27-24(26(33)35-16-36-27)25(38-39)18-6-8-19(9-7-18)28(41)37-23-15-20(12-13-34-23)29(30,31)32/h6-9,12-13,15-17,21H,4-5,10-11,14H2,1H3,(H2,33,35,36)(H,34,37,41). The Bertz CT molecular complexity index is 1660. The first-order chi connectivity index (χ1) is 19.6. The molecule has 1 amide bonds. The minimum atomic E-state index is -4.55. The van der Waals surface area contributed by atoms with Gasteiger partial charge < -0.3 is 11.1 Å². The second kappa shape index (κ2) is 11.4. The van der Waals surface area contributed by atoms with Crippen LogP contribution in [0.25, 0.3) is 22.3 Å². The van der Waals surface area contributed by atoms with Crippen molar-refractivity contribution in [2.45, 2.75) is 51.2 Å². The van der Waals surface area contributed by atoms with Crippen LogP contribution in [-0.2, 0) is 11.0 Å². The van der Waals surface area contributed by atoms with Crippen LogP contribution in [0.2, 0.25) is 0 Å². The summed E-state index contributed by atoms with van der Waals surface area (Å²) in [6.07, 6.45) is 1.65. The summed E-state index contributed by atoms with van der Waals surface area (Å²) in [6.45, 7) is 1.66. The van der Waals surface area contributed by atoms with Gasteiger partial charge in [0.1, 0.15) is 23.7 Å². The SMILES string of the molecule is CC#CC(=O)CC1CCC(n2nc(-c3ccc(C(=O)Nc4cc(C(F)(F)F)ccn4)cc3)c3c(N)ncnc32)CC1. The normalized spacial score (nSPS) is 17.1. The van der Waals surface area contributed by atoms with Crippen molar-refractivity contribution in [3.8, 4) is 23.1 Å². The van der Waals surface area contributed by atoms with E-state index in [0.717, 1.165) is 44.0 Å². The Hall–Kier alpha value is -4.79. The van der Waals surface area contributed by atoms with Gasteiger partial charge >= 0.3 is 6.18 Å². The highest BCUT2D eigenvalue weighted by Crippen LogP contribution is 2.38. The molecule has 0 aliphatic heterocycles. The maximum absolute atomic E-state index is 13.0. The molecule has 0 radical (unpaired) electrons. The van der Waals surface area contributed by atoms with Crippen LogP contribution in [0.15, 0.2) is 48.9 Å². The maximum atomic E-state index is 13.0. The van der Waals surface area contributed by atoms with Crippen LogP contribution < -0.4 is 11.1 Å². The molecule has 41 heavy (non-hydrogen) atoms. The number of aromatic nitrogens is 5. The third kappa shape index (κ3) is 6.04. The van der Waals surface area contributed by atoms with Crippen LogP contribution >= 0.6 is 0 Å². The number of amides is 1. The molecule has 1 aromatic carbocycles. The summed E-state index contributed by atoms with van der Waals surface area (Å²) in [7, 11) is 0. The van der Waals surface area contributed by atoms with E-state index >= 15 is 0 Å². The summed E-state index contributed by atoms with van der Waals surface area (Å²) < 4.78 is 40.9. The molecule has 0 bridgehead atoms. The Morgan fingerprint density at radius 3 is 2.49 bits per heavy atom. The number of benzene rings is 1. The molecule has 4 aromatic rings. The van der Waals surface area contributed by atoms with Crippen LogP contribution in [0.5, 0.6) is 0 Å². The first kappa shape index (κ1) is 27.8. The quantitative estimate of drug-likeness (QED) is 0.236. The third-order valence-corrected chi connectivity index (χ3v) is 7.17. The smallest absolute Gasteiger partial charge is 0.383 e. The molecular weight excluding hydrogens is 535 g/mol. The van der Waals surface area contributed by atoms with E-state index in [2.05, 4.69) is 32.1 Å². The lowest BCUT2D eigenvalue weighted by atomic mass is 9.83. The second-order valence-electron chi connectivity index (χ2n) is 9.89. The molecule has 210 valence electrons. The highest BCUT2D eigenvalue weighted by atomic mass is 19.4. The van der Waals surface area contributed by atoms with Gasteiger partial charge in [-0.15, -0.1) is 0 Å². The number of halogens is 3. The van der Waals surface area contributed by atoms with Gasteiger partial charge in [0.25, 0.3) is 5.91 Å². The van der Waals surface area contributed by atoms with Gasteiger partial charge in [-0.05, 0) is 68.7 Å². The van der Waals surface area contributed by atoms with Gasteiger partial charge in [-0.2, -0.15) is 18.3 Å². The molecule has 3 N–H and O–H groups in total. The van der Waals surface area contributed by atoms with Crippen molar-refractivity contribution >= 4 is 34.4 Å². The highest BCUT2D eigenvalue weighted by molar-refractivity contribution is 6.04. The number of pyridine rings is 1. The summed E-state index contributed by atoms with van der Waals surface area (Å²) in [5.41, 5.74) is 7.38. The molecular formula is C29H26F3N7O2. The molecule has 0 atom stereocenters. The number of Topliss-reactive ketones (excluding diaryl/α,β-unsaturated/α-hetero) is 1. The maximum Gasteiger partial charge on any atom is 0.416 e. The van der Waals surface area contributed by atoms with Gasteiger partial charge in [0.15, 0.2) is 5.65 Å². The topological polar surface area (TPSA) is 129 Å². The minimum absolute atomic E-state index is 0.0356. The van der Waals surface area contributed by atoms with E-state index in [9.17, 15) is 22.8 Å². The molecule has 1 fully saturated rings. The summed E-state index contributed by atoms with van der Waals surface area (Å²) in [4.78, 5) is 37.1. The largest absolute Gasteiger partial charge is 0.416 e. The number of carbonyl (C=O) groups excluding carboxylic acids is 2. The number of nitrogens with two attached hydrogens (primary N) is 1. The molecule has 0 unspecified atom stereocenters. The van der Waals surface area contributed by atoms with Crippen LogP contribution in [0.3, 0.4) is 0 Å². The van der Waals surface area contributed by atoms with Gasteiger partial charge in [0.05, 0.1) is 17.0 Å². The zero-order chi connectivity index (χ0) is 29.1. The number of anilines is 2. The Labute approximate surface area is 233 Å². The average molecular weight is 562 g/mol. The number of hydrogen-bond acceptors (Lipinski definition) is 7. The molecule has 3 aromatic heterocycles. The molecule has 5 rings (SSSR count). The van der Waals surface area contributed by atoms with Gasteiger partial charge in [0.2, 0.25) is 5.78 Å². The van der Waals surface area contributed by atoms with Gasteiger partial charge in [-0.1, -0.05) is 18.1 Å². The third-order valence-electron chi connectivity index (χ3n) is 7.17. The molecule has 1 saturated carbocycles. The molecule has 1 aliphatic rings. The van der Waals surface area contributed by atoms with Gasteiger partial charge in [-0.3, -0.25) is 9.59 Å². The van der Waals surface area contributed by atoms with E-state index in [-0.39, 0.29) is 34.9 Å². The molecule has 3 heterocycles.